The quantitative estimate of drug-likeness (QED) is 0.597. The van der Waals surface area contributed by atoms with Gasteiger partial charge in [-0.2, -0.15) is 0 Å². The van der Waals surface area contributed by atoms with Gasteiger partial charge < -0.3 is 0 Å². The van der Waals surface area contributed by atoms with Gasteiger partial charge in [-0.1, -0.05) is 35.0 Å². The van der Waals surface area contributed by atoms with Crippen LogP contribution >= 0.6 is 15.9 Å². The van der Waals surface area contributed by atoms with Crippen molar-refractivity contribution in [3.63, 3.8) is 0 Å². The highest BCUT2D eigenvalue weighted by Crippen LogP contribution is 2.42. The van der Waals surface area contributed by atoms with Crippen molar-refractivity contribution >= 4 is 15.9 Å². The Kier molecular flexibility index (Phi) is 1.95. The fourth-order valence-corrected chi connectivity index (χ4v) is 2.40. The molecule has 1 aromatic carbocycles. The number of hydrogen-bond acceptors (Lipinski definition) is 0. The molecule has 0 nitrogen and oxygen atoms in total. The van der Waals surface area contributed by atoms with Crippen molar-refractivity contribution in [1.82, 2.24) is 0 Å². The van der Waals surface area contributed by atoms with Gasteiger partial charge in [0.1, 0.15) is 5.82 Å². The second-order valence-electron chi connectivity index (χ2n) is 3.39. The molecule has 0 aliphatic heterocycles. The standard InChI is InChI=1S/C10H10BrF/c1-6-5-8-7(10(6)11)3-2-4-9(8)12/h2-4,6,10H,5H2,1H3. The third-order valence-corrected chi connectivity index (χ3v) is 3.87. The fraction of sp³-hybridized carbons (Fsp3) is 0.400. The Bertz CT molecular complexity index is 309. The summed E-state index contributed by atoms with van der Waals surface area (Å²) in [7, 11) is 0. The highest BCUT2D eigenvalue weighted by molar-refractivity contribution is 9.09. The van der Waals surface area contributed by atoms with Crippen LogP contribution in [0.2, 0.25) is 0 Å². The molecular formula is C10H10BrF. The zero-order valence-electron chi connectivity index (χ0n) is 6.85. The third-order valence-electron chi connectivity index (χ3n) is 2.48. The molecule has 0 amide bonds. The maximum Gasteiger partial charge on any atom is 0.126 e. The van der Waals surface area contributed by atoms with Crippen molar-refractivity contribution in [3.05, 3.63) is 35.1 Å². The fourth-order valence-electron chi connectivity index (χ4n) is 1.78. The van der Waals surface area contributed by atoms with Gasteiger partial charge >= 0.3 is 0 Å². The molecule has 0 heterocycles. The highest BCUT2D eigenvalue weighted by atomic mass is 79.9. The Hall–Kier alpha value is -0.370. The molecule has 12 heavy (non-hydrogen) atoms. The first-order chi connectivity index (χ1) is 5.70. The van der Waals surface area contributed by atoms with Crippen LogP contribution in [0.1, 0.15) is 22.9 Å². The van der Waals surface area contributed by atoms with E-state index >= 15 is 0 Å². The van der Waals surface area contributed by atoms with E-state index in [-0.39, 0.29) is 5.82 Å². The molecule has 0 saturated heterocycles. The average molecular weight is 229 g/mol. The number of rotatable bonds is 0. The first-order valence-electron chi connectivity index (χ1n) is 4.11. The molecule has 1 aliphatic rings. The minimum Gasteiger partial charge on any atom is -0.207 e. The largest absolute Gasteiger partial charge is 0.207 e. The molecular weight excluding hydrogens is 219 g/mol. The second-order valence-corrected chi connectivity index (χ2v) is 4.38. The van der Waals surface area contributed by atoms with Crippen LogP contribution in [0.25, 0.3) is 0 Å². The first-order valence-corrected chi connectivity index (χ1v) is 5.03. The van der Waals surface area contributed by atoms with Crippen LogP contribution in [0.5, 0.6) is 0 Å². The lowest BCUT2D eigenvalue weighted by Crippen LogP contribution is -1.93. The minimum atomic E-state index is -0.0544. The minimum absolute atomic E-state index is 0.0544. The Balaban J connectivity index is 2.53. The molecule has 0 saturated carbocycles. The monoisotopic (exact) mass is 228 g/mol. The maximum atomic E-state index is 13.2. The highest BCUT2D eigenvalue weighted by Gasteiger charge is 2.28. The Morgan fingerprint density at radius 2 is 2.25 bits per heavy atom. The van der Waals surface area contributed by atoms with Crippen LogP contribution in [0.3, 0.4) is 0 Å². The van der Waals surface area contributed by atoms with E-state index in [0.717, 1.165) is 17.5 Å². The summed E-state index contributed by atoms with van der Waals surface area (Å²) in [6.45, 7) is 2.14. The Labute approximate surface area is 79.9 Å². The molecule has 64 valence electrons. The number of benzene rings is 1. The van der Waals surface area contributed by atoms with E-state index in [0.29, 0.717) is 10.7 Å². The average Bonchev–Trinajstić information content (AvgIpc) is 2.32. The second kappa shape index (κ2) is 2.84. The van der Waals surface area contributed by atoms with E-state index in [1.165, 1.54) is 6.07 Å². The molecule has 0 N–H and O–H groups in total. The van der Waals surface area contributed by atoms with Crippen molar-refractivity contribution in [3.8, 4) is 0 Å². The summed E-state index contributed by atoms with van der Waals surface area (Å²) in [4.78, 5) is 0.336. The van der Waals surface area contributed by atoms with Gasteiger partial charge in [0.25, 0.3) is 0 Å². The molecule has 2 atom stereocenters. The van der Waals surface area contributed by atoms with E-state index in [1.807, 2.05) is 6.07 Å². The number of fused-ring (bicyclic) bond motifs is 1. The normalized spacial score (nSPS) is 27.2. The summed E-state index contributed by atoms with van der Waals surface area (Å²) in [5.74, 6) is 0.457. The lowest BCUT2D eigenvalue weighted by Gasteiger charge is -2.06. The molecule has 0 fully saturated rings. The van der Waals surface area contributed by atoms with Crippen LogP contribution in [-0.2, 0) is 6.42 Å². The zero-order valence-corrected chi connectivity index (χ0v) is 8.44. The zero-order chi connectivity index (χ0) is 8.72. The summed E-state index contributed by atoms with van der Waals surface area (Å²) < 4.78 is 13.2. The van der Waals surface area contributed by atoms with E-state index in [1.54, 1.807) is 6.07 Å². The lowest BCUT2D eigenvalue weighted by atomic mass is 10.1. The SMILES string of the molecule is CC1Cc2c(F)cccc2C1Br. The van der Waals surface area contributed by atoms with Gasteiger partial charge in [0.05, 0.1) is 0 Å². The van der Waals surface area contributed by atoms with Gasteiger partial charge in [0.15, 0.2) is 0 Å². The molecule has 0 radical (unpaired) electrons. The maximum absolute atomic E-state index is 13.2. The van der Waals surface area contributed by atoms with Gasteiger partial charge in [-0.15, -0.1) is 0 Å². The Morgan fingerprint density at radius 3 is 2.92 bits per heavy atom. The number of hydrogen-bond donors (Lipinski definition) is 0. The lowest BCUT2D eigenvalue weighted by molar-refractivity contribution is 0.585. The molecule has 0 aromatic heterocycles. The molecule has 2 rings (SSSR count). The van der Waals surface area contributed by atoms with Gasteiger partial charge in [0.2, 0.25) is 0 Å². The van der Waals surface area contributed by atoms with Gasteiger partial charge in [-0.25, -0.2) is 4.39 Å². The van der Waals surface area contributed by atoms with Crippen LogP contribution in [-0.4, -0.2) is 0 Å². The van der Waals surface area contributed by atoms with Crippen molar-refractivity contribution < 1.29 is 4.39 Å². The molecule has 1 aliphatic carbocycles. The molecule has 2 heteroatoms. The van der Waals surface area contributed by atoms with Crippen molar-refractivity contribution in [2.75, 3.05) is 0 Å². The number of alkyl halides is 1. The first kappa shape index (κ1) is 8.24. The predicted octanol–water partition coefficient (Wildman–Crippen LogP) is 3.45. The van der Waals surface area contributed by atoms with E-state index in [9.17, 15) is 4.39 Å². The molecule has 0 spiro atoms. The summed E-state index contributed by atoms with van der Waals surface area (Å²) in [6.07, 6.45) is 0.859. The molecule has 1 aromatic rings. The summed E-state index contributed by atoms with van der Waals surface area (Å²) >= 11 is 3.57. The van der Waals surface area contributed by atoms with Crippen molar-refractivity contribution in [1.29, 1.82) is 0 Å². The predicted molar refractivity (Wildman–Crippen MR) is 50.9 cm³/mol. The van der Waals surface area contributed by atoms with Crippen LogP contribution in [0.4, 0.5) is 4.39 Å². The van der Waals surface area contributed by atoms with Crippen molar-refractivity contribution in [2.45, 2.75) is 18.2 Å². The van der Waals surface area contributed by atoms with Gasteiger partial charge in [0, 0.05) is 4.83 Å². The van der Waals surface area contributed by atoms with Gasteiger partial charge in [-0.05, 0) is 29.5 Å². The number of halogens is 2. The molecule has 2 unspecified atom stereocenters. The topological polar surface area (TPSA) is 0 Å². The Morgan fingerprint density at radius 1 is 1.50 bits per heavy atom. The summed E-state index contributed by atoms with van der Waals surface area (Å²) in [6, 6.07) is 5.32. The van der Waals surface area contributed by atoms with E-state index < -0.39 is 0 Å². The summed E-state index contributed by atoms with van der Waals surface area (Å²) in [5.41, 5.74) is 2.02. The van der Waals surface area contributed by atoms with Gasteiger partial charge in [-0.3, -0.25) is 0 Å². The van der Waals surface area contributed by atoms with E-state index in [4.69, 9.17) is 0 Å². The van der Waals surface area contributed by atoms with Crippen LogP contribution in [0.15, 0.2) is 18.2 Å². The van der Waals surface area contributed by atoms with Crippen molar-refractivity contribution in [2.24, 2.45) is 5.92 Å². The summed E-state index contributed by atoms with van der Waals surface area (Å²) in [5, 5.41) is 0. The van der Waals surface area contributed by atoms with E-state index in [2.05, 4.69) is 22.9 Å². The molecule has 0 bridgehead atoms. The third kappa shape index (κ3) is 1.09. The smallest absolute Gasteiger partial charge is 0.126 e. The van der Waals surface area contributed by atoms with Crippen LogP contribution < -0.4 is 0 Å². The van der Waals surface area contributed by atoms with Crippen LogP contribution in [0, 0.1) is 11.7 Å².